The second kappa shape index (κ2) is 6.93. The fraction of sp³-hybridized carbons (Fsp3) is 0.579. The van der Waals surface area contributed by atoms with Crippen molar-refractivity contribution in [1.29, 1.82) is 0 Å². The van der Waals surface area contributed by atoms with E-state index in [0.29, 0.717) is 18.9 Å². The molecule has 2 fully saturated rings. The van der Waals surface area contributed by atoms with E-state index in [4.69, 9.17) is 0 Å². The lowest BCUT2D eigenvalue weighted by Gasteiger charge is -2.21. The number of nitrogens with one attached hydrogen (secondary N) is 1. The molecule has 0 bridgehead atoms. The largest absolute Gasteiger partial charge is 0.342 e. The number of hydrogen-bond acceptors (Lipinski definition) is 3. The maximum absolute atomic E-state index is 12.8. The molecule has 0 saturated carbocycles. The van der Waals surface area contributed by atoms with Gasteiger partial charge in [0.15, 0.2) is 0 Å². The summed E-state index contributed by atoms with van der Waals surface area (Å²) in [5, 5.41) is 3.17. The molecule has 3 rings (SSSR count). The Morgan fingerprint density at radius 2 is 1.88 bits per heavy atom. The van der Waals surface area contributed by atoms with Crippen molar-refractivity contribution in [3.05, 3.63) is 29.3 Å². The molecule has 130 valence electrons. The van der Waals surface area contributed by atoms with Gasteiger partial charge in [-0.25, -0.2) is 0 Å². The average Bonchev–Trinajstić information content (AvgIpc) is 3.13. The van der Waals surface area contributed by atoms with Crippen LogP contribution in [0.15, 0.2) is 18.2 Å². The SMILES string of the molecule is CNC[C@@H]1CCN(C(=O)[C@H]2CCN(c3cc(C)cc(C)c3)C2=O)C1. The zero-order valence-electron chi connectivity index (χ0n) is 14.8. The van der Waals surface area contributed by atoms with E-state index >= 15 is 0 Å². The van der Waals surface area contributed by atoms with Crippen molar-refractivity contribution in [3.63, 3.8) is 0 Å². The summed E-state index contributed by atoms with van der Waals surface area (Å²) in [6.45, 7) is 7.17. The molecule has 2 aliphatic heterocycles. The van der Waals surface area contributed by atoms with Gasteiger partial charge < -0.3 is 15.1 Å². The van der Waals surface area contributed by atoms with Crippen LogP contribution in [0.2, 0.25) is 0 Å². The number of amides is 2. The molecule has 0 aromatic heterocycles. The van der Waals surface area contributed by atoms with Gasteiger partial charge >= 0.3 is 0 Å². The molecular formula is C19H27N3O2. The van der Waals surface area contributed by atoms with E-state index in [1.807, 2.05) is 37.9 Å². The lowest BCUT2D eigenvalue weighted by molar-refractivity contribution is -0.139. The second-order valence-corrected chi connectivity index (χ2v) is 7.17. The van der Waals surface area contributed by atoms with Crippen LogP contribution in [0.5, 0.6) is 0 Å². The van der Waals surface area contributed by atoms with Crippen LogP contribution in [0.3, 0.4) is 0 Å². The summed E-state index contributed by atoms with van der Waals surface area (Å²) < 4.78 is 0. The normalized spacial score (nSPS) is 24.0. The molecule has 5 heteroatoms. The number of nitrogens with zero attached hydrogens (tertiary/aromatic N) is 2. The molecule has 0 spiro atoms. The summed E-state index contributed by atoms with van der Waals surface area (Å²) in [4.78, 5) is 29.2. The minimum atomic E-state index is -0.501. The maximum atomic E-state index is 12.8. The van der Waals surface area contributed by atoms with Gasteiger partial charge in [-0.1, -0.05) is 6.07 Å². The maximum Gasteiger partial charge on any atom is 0.239 e. The molecule has 0 unspecified atom stereocenters. The van der Waals surface area contributed by atoms with Gasteiger partial charge in [-0.15, -0.1) is 0 Å². The van der Waals surface area contributed by atoms with Crippen LogP contribution in [0, 0.1) is 25.7 Å². The summed E-state index contributed by atoms with van der Waals surface area (Å²) in [5.41, 5.74) is 3.20. The van der Waals surface area contributed by atoms with E-state index in [-0.39, 0.29) is 11.8 Å². The molecule has 24 heavy (non-hydrogen) atoms. The van der Waals surface area contributed by atoms with Gasteiger partial charge in [0.25, 0.3) is 0 Å². The molecule has 2 amide bonds. The first-order chi connectivity index (χ1) is 11.5. The average molecular weight is 329 g/mol. The predicted octanol–water partition coefficient (Wildman–Crippen LogP) is 1.72. The van der Waals surface area contributed by atoms with E-state index in [1.165, 1.54) is 0 Å². The van der Waals surface area contributed by atoms with Crippen LogP contribution in [-0.4, -0.2) is 49.9 Å². The Labute approximate surface area is 144 Å². The molecule has 0 aliphatic carbocycles. The standard InChI is InChI=1S/C19H27N3O2/c1-13-8-14(2)10-16(9-13)22-7-5-17(19(22)24)18(23)21-6-4-15(12-21)11-20-3/h8-10,15,17,20H,4-7,11-12H2,1-3H3/t15-,17+/m0/s1. The summed E-state index contributed by atoms with van der Waals surface area (Å²) in [6.07, 6.45) is 1.64. The van der Waals surface area contributed by atoms with Gasteiger partial charge in [-0.3, -0.25) is 9.59 Å². The number of hydrogen-bond donors (Lipinski definition) is 1. The fourth-order valence-electron chi connectivity index (χ4n) is 3.98. The Morgan fingerprint density at radius 1 is 1.17 bits per heavy atom. The number of benzene rings is 1. The monoisotopic (exact) mass is 329 g/mol. The first-order valence-electron chi connectivity index (χ1n) is 8.82. The predicted molar refractivity (Wildman–Crippen MR) is 95.0 cm³/mol. The summed E-state index contributed by atoms with van der Waals surface area (Å²) in [7, 11) is 1.94. The number of likely N-dealkylation sites (tertiary alicyclic amines) is 1. The molecule has 2 heterocycles. The quantitative estimate of drug-likeness (QED) is 0.856. The van der Waals surface area contributed by atoms with Gasteiger partial charge in [-0.2, -0.15) is 0 Å². The number of aryl methyl sites for hydroxylation is 2. The molecule has 5 nitrogen and oxygen atoms in total. The number of anilines is 1. The lowest BCUT2D eigenvalue weighted by Crippen LogP contribution is -2.39. The molecule has 1 aromatic rings. The third-order valence-corrected chi connectivity index (χ3v) is 5.11. The molecular weight excluding hydrogens is 302 g/mol. The summed E-state index contributed by atoms with van der Waals surface area (Å²) in [5.74, 6) is -0.0160. The van der Waals surface area contributed by atoms with Crippen LogP contribution in [0.1, 0.15) is 24.0 Å². The highest BCUT2D eigenvalue weighted by atomic mass is 16.2. The first kappa shape index (κ1) is 17.0. The number of rotatable bonds is 4. The van der Waals surface area contributed by atoms with Crippen molar-refractivity contribution in [1.82, 2.24) is 10.2 Å². The van der Waals surface area contributed by atoms with Crippen molar-refractivity contribution in [2.75, 3.05) is 38.1 Å². The van der Waals surface area contributed by atoms with Crippen LogP contribution < -0.4 is 10.2 Å². The lowest BCUT2D eigenvalue weighted by atomic mass is 10.1. The smallest absolute Gasteiger partial charge is 0.239 e. The molecule has 2 saturated heterocycles. The molecule has 2 aliphatic rings. The third kappa shape index (κ3) is 3.31. The first-order valence-corrected chi connectivity index (χ1v) is 8.82. The van der Waals surface area contributed by atoms with Crippen molar-refractivity contribution in [2.45, 2.75) is 26.7 Å². The van der Waals surface area contributed by atoms with E-state index in [9.17, 15) is 9.59 Å². The van der Waals surface area contributed by atoms with Crippen LogP contribution in [-0.2, 0) is 9.59 Å². The minimum Gasteiger partial charge on any atom is -0.342 e. The molecule has 0 radical (unpaired) electrons. The molecule has 1 aromatic carbocycles. The molecule has 1 N–H and O–H groups in total. The van der Waals surface area contributed by atoms with Crippen LogP contribution in [0.25, 0.3) is 0 Å². The van der Waals surface area contributed by atoms with Gasteiger partial charge in [0, 0.05) is 25.3 Å². The van der Waals surface area contributed by atoms with E-state index in [1.54, 1.807) is 4.90 Å². The third-order valence-electron chi connectivity index (χ3n) is 5.11. The molecule has 2 atom stereocenters. The van der Waals surface area contributed by atoms with E-state index in [2.05, 4.69) is 11.4 Å². The fourth-order valence-corrected chi connectivity index (χ4v) is 3.98. The Kier molecular flexibility index (Phi) is 4.90. The van der Waals surface area contributed by atoms with E-state index < -0.39 is 5.92 Å². The number of carbonyl (C=O) groups excluding carboxylic acids is 2. The van der Waals surface area contributed by atoms with Crippen LogP contribution >= 0.6 is 0 Å². The van der Waals surface area contributed by atoms with Gasteiger partial charge in [-0.05, 0) is 69.5 Å². The number of carbonyl (C=O) groups is 2. The zero-order valence-corrected chi connectivity index (χ0v) is 14.8. The highest BCUT2D eigenvalue weighted by Crippen LogP contribution is 2.29. The van der Waals surface area contributed by atoms with E-state index in [0.717, 1.165) is 42.9 Å². The minimum absolute atomic E-state index is 0.0190. The second-order valence-electron chi connectivity index (χ2n) is 7.17. The highest BCUT2D eigenvalue weighted by Gasteiger charge is 2.41. The van der Waals surface area contributed by atoms with Crippen molar-refractivity contribution < 1.29 is 9.59 Å². The topological polar surface area (TPSA) is 52.7 Å². The highest BCUT2D eigenvalue weighted by molar-refractivity contribution is 6.09. The summed E-state index contributed by atoms with van der Waals surface area (Å²) >= 11 is 0. The Morgan fingerprint density at radius 3 is 2.54 bits per heavy atom. The zero-order chi connectivity index (χ0) is 17.3. The Balaban J connectivity index is 1.69. The van der Waals surface area contributed by atoms with Gasteiger partial charge in [0.2, 0.25) is 11.8 Å². The van der Waals surface area contributed by atoms with Crippen molar-refractivity contribution in [2.24, 2.45) is 11.8 Å². The van der Waals surface area contributed by atoms with Gasteiger partial charge in [0.1, 0.15) is 5.92 Å². The van der Waals surface area contributed by atoms with Crippen LogP contribution in [0.4, 0.5) is 5.69 Å². The van der Waals surface area contributed by atoms with Gasteiger partial charge in [0.05, 0.1) is 0 Å². The Hall–Kier alpha value is -1.88. The van der Waals surface area contributed by atoms with Crippen molar-refractivity contribution in [3.8, 4) is 0 Å². The summed E-state index contributed by atoms with van der Waals surface area (Å²) in [6, 6.07) is 6.14. The Bertz CT molecular complexity index is 623. The van der Waals surface area contributed by atoms with Crippen molar-refractivity contribution >= 4 is 17.5 Å².